The number of anilines is 1. The van der Waals surface area contributed by atoms with Gasteiger partial charge in [-0.05, 0) is 55.7 Å². The van der Waals surface area contributed by atoms with Gasteiger partial charge in [0.1, 0.15) is 0 Å². The summed E-state index contributed by atoms with van der Waals surface area (Å²) in [5.41, 5.74) is 9.06. The van der Waals surface area contributed by atoms with Crippen LogP contribution in [0.3, 0.4) is 0 Å². The van der Waals surface area contributed by atoms with Crippen LogP contribution in [0, 0.1) is 12.3 Å². The minimum Gasteiger partial charge on any atom is -0.399 e. The number of nitrogens with two attached hydrogens (primary N) is 1. The van der Waals surface area contributed by atoms with E-state index in [1.54, 1.807) is 0 Å². The van der Waals surface area contributed by atoms with Crippen molar-refractivity contribution in [3.05, 3.63) is 29.6 Å². The maximum Gasteiger partial charge on any atom is 0.258 e. The fourth-order valence-electron chi connectivity index (χ4n) is 3.04. The Morgan fingerprint density at radius 1 is 1.24 bits per heavy atom. The van der Waals surface area contributed by atoms with Gasteiger partial charge >= 0.3 is 0 Å². The van der Waals surface area contributed by atoms with Gasteiger partial charge in [-0.2, -0.15) is 4.98 Å². The molecule has 2 aromatic rings. The maximum absolute atomic E-state index is 5.85. The van der Waals surface area contributed by atoms with Crippen molar-refractivity contribution in [2.75, 3.05) is 5.73 Å². The summed E-state index contributed by atoms with van der Waals surface area (Å²) in [4.78, 5) is 4.62. The molecular formula is C17H23N3O. The molecule has 0 aliphatic heterocycles. The molecule has 1 aliphatic carbocycles. The van der Waals surface area contributed by atoms with Crippen molar-refractivity contribution < 1.29 is 4.52 Å². The van der Waals surface area contributed by atoms with Gasteiger partial charge < -0.3 is 10.3 Å². The zero-order valence-corrected chi connectivity index (χ0v) is 13.0. The Morgan fingerprint density at radius 3 is 2.67 bits per heavy atom. The lowest BCUT2D eigenvalue weighted by molar-refractivity contribution is 0.218. The molecule has 1 saturated carbocycles. The molecule has 0 saturated heterocycles. The number of hydrogen-bond donors (Lipinski definition) is 1. The smallest absolute Gasteiger partial charge is 0.258 e. The Balaban J connectivity index is 1.82. The number of nitrogen functional groups attached to an aromatic ring is 1. The van der Waals surface area contributed by atoms with E-state index in [4.69, 9.17) is 10.3 Å². The molecule has 1 aromatic carbocycles. The van der Waals surface area contributed by atoms with Gasteiger partial charge in [0.25, 0.3) is 5.89 Å². The van der Waals surface area contributed by atoms with E-state index in [0.717, 1.165) is 35.5 Å². The molecule has 4 nitrogen and oxygen atoms in total. The second-order valence-corrected chi connectivity index (χ2v) is 6.97. The van der Waals surface area contributed by atoms with Gasteiger partial charge in [0, 0.05) is 17.2 Å². The predicted molar refractivity (Wildman–Crippen MR) is 83.9 cm³/mol. The summed E-state index contributed by atoms with van der Waals surface area (Å²) in [7, 11) is 0. The van der Waals surface area contributed by atoms with Crippen LogP contribution in [-0.4, -0.2) is 10.1 Å². The van der Waals surface area contributed by atoms with Crippen LogP contribution < -0.4 is 5.73 Å². The fourth-order valence-corrected chi connectivity index (χ4v) is 3.04. The van der Waals surface area contributed by atoms with Crippen LogP contribution in [0.1, 0.15) is 56.8 Å². The highest BCUT2D eigenvalue weighted by molar-refractivity contribution is 5.63. The Hall–Kier alpha value is -1.84. The second kappa shape index (κ2) is 5.17. The first-order valence-electron chi connectivity index (χ1n) is 7.65. The third kappa shape index (κ3) is 2.94. The molecule has 0 radical (unpaired) electrons. The van der Waals surface area contributed by atoms with Crippen molar-refractivity contribution in [3.63, 3.8) is 0 Å². The zero-order chi connectivity index (χ0) is 15.0. The first kappa shape index (κ1) is 14.1. The quantitative estimate of drug-likeness (QED) is 0.835. The molecule has 0 unspecified atom stereocenters. The van der Waals surface area contributed by atoms with Gasteiger partial charge in [0.15, 0.2) is 5.82 Å². The summed E-state index contributed by atoms with van der Waals surface area (Å²) in [6.45, 7) is 6.70. The van der Waals surface area contributed by atoms with Gasteiger partial charge in [-0.3, -0.25) is 0 Å². The maximum atomic E-state index is 5.85. The molecule has 0 atom stereocenters. The highest BCUT2D eigenvalue weighted by Crippen LogP contribution is 2.41. The molecule has 4 heteroatoms. The molecule has 112 valence electrons. The SMILES string of the molecule is Cc1ccc(N)cc1-c1nc(C2CCC(C)(C)CC2)no1. The molecule has 21 heavy (non-hydrogen) atoms. The molecule has 1 fully saturated rings. The van der Waals surface area contributed by atoms with Gasteiger partial charge in [0.2, 0.25) is 0 Å². The number of hydrogen-bond acceptors (Lipinski definition) is 4. The zero-order valence-electron chi connectivity index (χ0n) is 13.0. The van der Waals surface area contributed by atoms with Crippen molar-refractivity contribution >= 4 is 5.69 Å². The first-order valence-corrected chi connectivity index (χ1v) is 7.65. The molecule has 0 spiro atoms. The Bertz CT molecular complexity index is 635. The fraction of sp³-hybridized carbons (Fsp3) is 0.529. The summed E-state index contributed by atoms with van der Waals surface area (Å²) >= 11 is 0. The van der Waals surface area contributed by atoms with E-state index in [9.17, 15) is 0 Å². The van der Waals surface area contributed by atoms with Crippen molar-refractivity contribution in [2.24, 2.45) is 5.41 Å². The van der Waals surface area contributed by atoms with E-state index in [1.807, 2.05) is 25.1 Å². The molecule has 1 aliphatic rings. The highest BCUT2D eigenvalue weighted by atomic mass is 16.5. The lowest BCUT2D eigenvalue weighted by Gasteiger charge is -2.32. The average molecular weight is 285 g/mol. The van der Waals surface area contributed by atoms with Crippen LogP contribution in [0.15, 0.2) is 22.7 Å². The van der Waals surface area contributed by atoms with Crippen molar-refractivity contribution in [2.45, 2.75) is 52.4 Å². The second-order valence-electron chi connectivity index (χ2n) is 6.97. The molecular weight excluding hydrogens is 262 g/mol. The third-order valence-electron chi connectivity index (χ3n) is 4.64. The Kier molecular flexibility index (Phi) is 3.47. The van der Waals surface area contributed by atoms with Crippen molar-refractivity contribution in [3.8, 4) is 11.5 Å². The lowest BCUT2D eigenvalue weighted by atomic mass is 9.73. The molecule has 1 aromatic heterocycles. The van der Waals surface area contributed by atoms with Crippen LogP contribution >= 0.6 is 0 Å². The molecule has 0 amide bonds. The first-order chi connectivity index (χ1) is 9.94. The van der Waals surface area contributed by atoms with Crippen LogP contribution in [0.2, 0.25) is 0 Å². The summed E-state index contributed by atoms with van der Waals surface area (Å²) in [6.07, 6.45) is 4.72. The number of rotatable bonds is 2. The van der Waals surface area contributed by atoms with E-state index in [-0.39, 0.29) is 0 Å². The summed E-state index contributed by atoms with van der Waals surface area (Å²) in [6, 6.07) is 5.77. The Labute approximate surface area is 125 Å². The number of aromatic nitrogens is 2. The van der Waals surface area contributed by atoms with Crippen LogP contribution in [0.25, 0.3) is 11.5 Å². The molecule has 0 bridgehead atoms. The van der Waals surface area contributed by atoms with Crippen molar-refractivity contribution in [1.29, 1.82) is 0 Å². The molecule has 1 heterocycles. The van der Waals surface area contributed by atoms with E-state index in [0.29, 0.717) is 17.2 Å². The van der Waals surface area contributed by atoms with Gasteiger partial charge in [-0.15, -0.1) is 0 Å². The number of aryl methyl sites for hydroxylation is 1. The summed E-state index contributed by atoms with van der Waals surface area (Å²) in [5, 5.41) is 4.21. The van der Waals surface area contributed by atoms with Crippen LogP contribution in [-0.2, 0) is 0 Å². The third-order valence-corrected chi connectivity index (χ3v) is 4.64. The van der Waals surface area contributed by atoms with Gasteiger partial charge in [0.05, 0.1) is 0 Å². The summed E-state index contributed by atoms with van der Waals surface area (Å²) < 4.78 is 5.48. The molecule has 2 N–H and O–H groups in total. The molecule has 3 rings (SSSR count). The number of benzene rings is 1. The highest BCUT2D eigenvalue weighted by Gasteiger charge is 2.30. The lowest BCUT2D eigenvalue weighted by Crippen LogP contribution is -2.20. The van der Waals surface area contributed by atoms with E-state index < -0.39 is 0 Å². The van der Waals surface area contributed by atoms with Crippen molar-refractivity contribution in [1.82, 2.24) is 10.1 Å². The predicted octanol–water partition coefficient (Wildman–Crippen LogP) is 4.31. The van der Waals surface area contributed by atoms with E-state index in [2.05, 4.69) is 24.0 Å². The van der Waals surface area contributed by atoms with E-state index >= 15 is 0 Å². The van der Waals surface area contributed by atoms with Gasteiger partial charge in [-0.1, -0.05) is 25.1 Å². The largest absolute Gasteiger partial charge is 0.399 e. The average Bonchev–Trinajstić information content (AvgIpc) is 2.91. The normalized spacial score (nSPS) is 18.8. The standard InChI is InChI=1S/C17H23N3O/c1-11-4-5-13(18)10-14(11)16-19-15(20-21-16)12-6-8-17(2,3)9-7-12/h4-5,10,12H,6-9,18H2,1-3H3. The van der Waals surface area contributed by atoms with E-state index in [1.165, 1.54) is 12.8 Å². The minimum absolute atomic E-state index is 0.428. The van der Waals surface area contributed by atoms with Crippen LogP contribution in [0.4, 0.5) is 5.69 Å². The summed E-state index contributed by atoms with van der Waals surface area (Å²) in [5.74, 6) is 1.86. The Morgan fingerprint density at radius 2 is 1.95 bits per heavy atom. The topological polar surface area (TPSA) is 64.9 Å². The van der Waals surface area contributed by atoms with Crippen LogP contribution in [0.5, 0.6) is 0 Å². The number of nitrogens with zero attached hydrogens (tertiary/aromatic N) is 2. The minimum atomic E-state index is 0.428. The monoisotopic (exact) mass is 285 g/mol. The van der Waals surface area contributed by atoms with Gasteiger partial charge in [-0.25, -0.2) is 0 Å².